The van der Waals surface area contributed by atoms with E-state index in [2.05, 4.69) is 53.7 Å². The molecule has 0 radical (unpaired) electrons. The lowest BCUT2D eigenvalue weighted by Crippen LogP contribution is -2.32. The third-order valence-electron chi connectivity index (χ3n) is 6.54. The van der Waals surface area contributed by atoms with E-state index in [4.69, 9.17) is 14.2 Å². The van der Waals surface area contributed by atoms with Gasteiger partial charge in [0.2, 0.25) is 0 Å². The summed E-state index contributed by atoms with van der Waals surface area (Å²) in [6.45, 7) is 4.94. The van der Waals surface area contributed by atoms with Crippen LogP contribution in [0.1, 0.15) is 29.8 Å². The minimum absolute atomic E-state index is 0.204. The van der Waals surface area contributed by atoms with Crippen LogP contribution in [0.4, 0.5) is 11.4 Å². The lowest BCUT2D eigenvalue weighted by atomic mass is 9.88. The average molecular weight is 522 g/mol. The number of carbonyl (C=O) groups is 1. The Morgan fingerprint density at radius 2 is 1.67 bits per heavy atom. The number of fused-ring (bicyclic) bond motifs is 1. The fraction of sp³-hybridized carbons (Fsp3) is 0.188. The summed E-state index contributed by atoms with van der Waals surface area (Å²) in [5.41, 5.74) is 6.38. The molecule has 0 saturated heterocycles. The highest BCUT2D eigenvalue weighted by Crippen LogP contribution is 2.40. The molecule has 7 heteroatoms. The van der Waals surface area contributed by atoms with Crippen LogP contribution in [0.5, 0.6) is 17.2 Å². The largest absolute Gasteiger partial charge is 0.496 e. The fourth-order valence-corrected chi connectivity index (χ4v) is 4.74. The number of pyridine rings is 1. The molecule has 7 nitrogen and oxygen atoms in total. The van der Waals surface area contributed by atoms with Crippen molar-refractivity contribution in [1.29, 1.82) is 0 Å². The Hall–Kier alpha value is -4.78. The number of ether oxygens (including phenoxy) is 3. The van der Waals surface area contributed by atoms with Crippen LogP contribution in [0, 0.1) is 0 Å². The highest BCUT2D eigenvalue weighted by molar-refractivity contribution is 5.91. The summed E-state index contributed by atoms with van der Waals surface area (Å²) in [4.78, 5) is 16.4. The van der Waals surface area contributed by atoms with Gasteiger partial charge in [-0.3, -0.25) is 4.98 Å². The van der Waals surface area contributed by atoms with Gasteiger partial charge in [-0.1, -0.05) is 24.3 Å². The molecule has 4 aromatic rings. The number of nitrogens with one attached hydrogen (secondary N) is 2. The Labute approximate surface area is 228 Å². The van der Waals surface area contributed by atoms with Crippen LogP contribution in [0.2, 0.25) is 0 Å². The molecule has 0 fully saturated rings. The molecule has 0 spiro atoms. The summed E-state index contributed by atoms with van der Waals surface area (Å²) in [5.74, 6) is 1.36. The molecule has 1 aliphatic heterocycles. The second kappa shape index (κ2) is 10.9. The second-order valence-corrected chi connectivity index (χ2v) is 9.82. The number of nitrogens with zero attached hydrogens (tertiary/aromatic N) is 1. The Balaban J connectivity index is 1.43. The Morgan fingerprint density at radius 3 is 2.44 bits per heavy atom. The third kappa shape index (κ3) is 5.72. The molecule has 198 valence electrons. The summed E-state index contributed by atoms with van der Waals surface area (Å²) in [7, 11) is 3.28. The molecule has 0 atom stereocenters. The van der Waals surface area contributed by atoms with Gasteiger partial charge < -0.3 is 24.8 Å². The van der Waals surface area contributed by atoms with Crippen molar-refractivity contribution in [2.75, 3.05) is 31.4 Å². The molecule has 3 aromatic carbocycles. The topological polar surface area (TPSA) is 81.7 Å². The first-order valence-corrected chi connectivity index (χ1v) is 12.7. The molecule has 0 unspecified atom stereocenters. The molecule has 0 saturated carbocycles. The van der Waals surface area contributed by atoms with Gasteiger partial charge in [-0.05, 0) is 73.5 Å². The lowest BCUT2D eigenvalue weighted by molar-refractivity contribution is 0.0734. The number of carbonyl (C=O) groups excluding carboxylic acids is 1. The summed E-state index contributed by atoms with van der Waals surface area (Å²) < 4.78 is 16.8. The van der Waals surface area contributed by atoms with Crippen molar-refractivity contribution in [3.05, 3.63) is 102 Å². The molecule has 39 heavy (non-hydrogen) atoms. The molecule has 0 bridgehead atoms. The minimum Gasteiger partial charge on any atom is -0.496 e. The van der Waals surface area contributed by atoms with Gasteiger partial charge in [0.15, 0.2) is 0 Å². The Kier molecular flexibility index (Phi) is 7.23. The van der Waals surface area contributed by atoms with Crippen LogP contribution in [0.25, 0.3) is 16.7 Å². The Morgan fingerprint density at radius 1 is 0.897 bits per heavy atom. The predicted octanol–water partition coefficient (Wildman–Crippen LogP) is 6.68. The van der Waals surface area contributed by atoms with Gasteiger partial charge in [-0.2, -0.15) is 0 Å². The maximum Gasteiger partial charge on any atom is 0.343 e. The van der Waals surface area contributed by atoms with Gasteiger partial charge in [-0.25, -0.2) is 4.79 Å². The minimum atomic E-state index is -0.452. The van der Waals surface area contributed by atoms with Crippen molar-refractivity contribution < 1.29 is 19.0 Å². The van der Waals surface area contributed by atoms with Gasteiger partial charge in [0, 0.05) is 41.8 Å². The zero-order chi connectivity index (χ0) is 27.4. The monoisotopic (exact) mass is 521 g/mol. The zero-order valence-electron chi connectivity index (χ0n) is 22.4. The lowest BCUT2D eigenvalue weighted by Gasteiger charge is -2.33. The zero-order valence-corrected chi connectivity index (χ0v) is 22.4. The van der Waals surface area contributed by atoms with E-state index in [1.54, 1.807) is 50.9 Å². The molecule has 0 amide bonds. The van der Waals surface area contributed by atoms with Crippen molar-refractivity contribution in [3.63, 3.8) is 0 Å². The quantitative estimate of drug-likeness (QED) is 0.198. The SMILES string of the molecule is COc1ccccc1NCC1=CC(C)(C)Nc2ccc(-c3ccc(OC(=O)c4ccncc4)cc3OC)cc21. The summed E-state index contributed by atoms with van der Waals surface area (Å²) in [6, 6.07) is 22.9. The number of rotatable bonds is 8. The van der Waals surface area contributed by atoms with Crippen molar-refractivity contribution in [1.82, 2.24) is 4.98 Å². The summed E-state index contributed by atoms with van der Waals surface area (Å²) >= 11 is 0. The maximum absolute atomic E-state index is 12.5. The van der Waals surface area contributed by atoms with E-state index in [9.17, 15) is 4.79 Å². The van der Waals surface area contributed by atoms with E-state index in [1.807, 2.05) is 30.3 Å². The molecule has 1 aromatic heterocycles. The summed E-state index contributed by atoms with van der Waals surface area (Å²) in [5, 5.41) is 7.15. The molecule has 2 N–H and O–H groups in total. The number of para-hydroxylation sites is 2. The van der Waals surface area contributed by atoms with Crippen molar-refractivity contribution in [3.8, 4) is 28.4 Å². The van der Waals surface area contributed by atoms with Crippen LogP contribution in [0.3, 0.4) is 0 Å². The average Bonchev–Trinajstić information content (AvgIpc) is 2.95. The van der Waals surface area contributed by atoms with Gasteiger partial charge >= 0.3 is 5.97 Å². The van der Waals surface area contributed by atoms with Crippen LogP contribution < -0.4 is 24.8 Å². The fourth-order valence-electron chi connectivity index (χ4n) is 4.74. The first-order chi connectivity index (χ1) is 18.9. The molecular weight excluding hydrogens is 490 g/mol. The molecule has 5 rings (SSSR count). The molecule has 0 aliphatic carbocycles. The van der Waals surface area contributed by atoms with E-state index < -0.39 is 5.97 Å². The highest BCUT2D eigenvalue weighted by atomic mass is 16.5. The van der Waals surface area contributed by atoms with Gasteiger partial charge in [-0.15, -0.1) is 0 Å². The standard InChI is InChI=1S/C32H31N3O4/c1-32(2)19-23(20-34-28-7-5-6-8-29(28)37-3)26-17-22(9-12-27(26)35-32)25-11-10-24(18-30(25)38-4)39-31(36)21-13-15-33-16-14-21/h5-19,34-35H,20H2,1-4H3. The number of hydrogen-bond donors (Lipinski definition) is 2. The number of benzene rings is 3. The first kappa shape index (κ1) is 25.9. The van der Waals surface area contributed by atoms with Crippen LogP contribution in [0.15, 0.2) is 91.3 Å². The predicted molar refractivity (Wildman–Crippen MR) is 155 cm³/mol. The van der Waals surface area contributed by atoms with Crippen LogP contribution >= 0.6 is 0 Å². The van der Waals surface area contributed by atoms with E-state index in [-0.39, 0.29) is 5.54 Å². The van der Waals surface area contributed by atoms with Gasteiger partial charge in [0.05, 0.1) is 31.0 Å². The molecular formula is C32H31N3O4. The number of esters is 1. The van der Waals surface area contributed by atoms with Crippen LogP contribution in [-0.4, -0.2) is 37.3 Å². The number of hydrogen-bond acceptors (Lipinski definition) is 7. The van der Waals surface area contributed by atoms with Gasteiger partial charge in [0.25, 0.3) is 0 Å². The summed E-state index contributed by atoms with van der Waals surface area (Å²) in [6.07, 6.45) is 5.36. The normalized spacial score (nSPS) is 13.4. The van der Waals surface area contributed by atoms with Crippen molar-refractivity contribution in [2.24, 2.45) is 0 Å². The first-order valence-electron chi connectivity index (χ1n) is 12.7. The van der Waals surface area contributed by atoms with Gasteiger partial charge in [0.1, 0.15) is 17.2 Å². The van der Waals surface area contributed by atoms with Crippen molar-refractivity contribution in [2.45, 2.75) is 19.4 Å². The highest BCUT2D eigenvalue weighted by Gasteiger charge is 2.25. The van der Waals surface area contributed by atoms with E-state index >= 15 is 0 Å². The Bertz CT molecular complexity index is 1530. The smallest absolute Gasteiger partial charge is 0.343 e. The van der Waals surface area contributed by atoms with Crippen LogP contribution in [-0.2, 0) is 0 Å². The molecule has 1 aliphatic rings. The van der Waals surface area contributed by atoms with E-state index in [1.165, 1.54) is 5.57 Å². The maximum atomic E-state index is 12.5. The van der Waals surface area contributed by atoms with E-state index in [0.717, 1.165) is 33.8 Å². The number of aromatic nitrogens is 1. The molecule has 2 heterocycles. The van der Waals surface area contributed by atoms with Crippen molar-refractivity contribution >= 4 is 22.9 Å². The second-order valence-electron chi connectivity index (χ2n) is 9.82. The number of methoxy groups -OCH3 is 2. The number of anilines is 2. The third-order valence-corrected chi connectivity index (χ3v) is 6.54. The van der Waals surface area contributed by atoms with E-state index in [0.29, 0.717) is 23.6 Å².